The summed E-state index contributed by atoms with van der Waals surface area (Å²) in [5.74, 6) is 0.548. The molecule has 1 aromatic carbocycles. The Morgan fingerprint density at radius 2 is 2.00 bits per heavy atom. The maximum atomic E-state index is 13.4. The van der Waals surface area contributed by atoms with Gasteiger partial charge in [0.25, 0.3) is 0 Å². The average Bonchev–Trinajstić information content (AvgIpc) is 3.21. The van der Waals surface area contributed by atoms with E-state index in [1.165, 1.54) is 5.56 Å². The van der Waals surface area contributed by atoms with E-state index in [1.807, 2.05) is 11.0 Å². The SMILES string of the molecule is CCC1(CC)CN(C(=O)C2NNC3CCNCC32)c2ccccc21.Cl. The van der Waals surface area contributed by atoms with Crippen molar-refractivity contribution in [2.45, 2.75) is 50.6 Å². The van der Waals surface area contributed by atoms with Crippen molar-refractivity contribution in [3.8, 4) is 0 Å². The molecule has 0 bridgehead atoms. The molecular weight excluding hydrogens is 336 g/mol. The first-order valence-corrected chi connectivity index (χ1v) is 9.33. The molecule has 3 unspecified atom stereocenters. The number of rotatable bonds is 3. The fraction of sp³-hybridized carbons (Fsp3) is 0.632. The molecule has 1 aromatic rings. The number of piperidine rings is 1. The molecule has 3 aliphatic rings. The Labute approximate surface area is 156 Å². The third kappa shape index (κ3) is 2.87. The smallest absolute Gasteiger partial charge is 0.245 e. The zero-order valence-electron chi connectivity index (χ0n) is 15.0. The zero-order chi connectivity index (χ0) is 16.7. The maximum absolute atomic E-state index is 13.4. The van der Waals surface area contributed by atoms with E-state index >= 15 is 0 Å². The number of fused-ring (bicyclic) bond motifs is 2. The average molecular weight is 365 g/mol. The molecule has 2 fully saturated rings. The van der Waals surface area contributed by atoms with Crippen LogP contribution in [-0.4, -0.2) is 37.6 Å². The van der Waals surface area contributed by atoms with Crippen LogP contribution in [0.25, 0.3) is 0 Å². The minimum Gasteiger partial charge on any atom is -0.316 e. The first kappa shape index (κ1) is 18.6. The molecule has 25 heavy (non-hydrogen) atoms. The van der Waals surface area contributed by atoms with Crippen molar-refractivity contribution < 1.29 is 4.79 Å². The quantitative estimate of drug-likeness (QED) is 0.767. The van der Waals surface area contributed by atoms with Gasteiger partial charge in [-0.2, -0.15) is 0 Å². The van der Waals surface area contributed by atoms with Crippen LogP contribution >= 0.6 is 12.4 Å². The van der Waals surface area contributed by atoms with Gasteiger partial charge in [0.2, 0.25) is 5.91 Å². The lowest BCUT2D eigenvalue weighted by Gasteiger charge is -2.31. The van der Waals surface area contributed by atoms with Gasteiger partial charge in [-0.15, -0.1) is 12.4 Å². The molecule has 1 amide bonds. The summed E-state index contributed by atoms with van der Waals surface area (Å²) in [4.78, 5) is 15.4. The van der Waals surface area contributed by atoms with Crippen molar-refractivity contribution in [3.05, 3.63) is 29.8 Å². The number of carbonyl (C=O) groups excluding carboxylic acids is 1. The second-order valence-corrected chi connectivity index (χ2v) is 7.46. The molecule has 0 radical (unpaired) electrons. The highest BCUT2D eigenvalue weighted by atomic mass is 35.5. The van der Waals surface area contributed by atoms with E-state index in [2.05, 4.69) is 48.2 Å². The van der Waals surface area contributed by atoms with Crippen LogP contribution in [0.5, 0.6) is 0 Å². The first-order chi connectivity index (χ1) is 11.7. The van der Waals surface area contributed by atoms with E-state index in [-0.39, 0.29) is 29.8 Å². The molecule has 0 spiro atoms. The highest BCUT2D eigenvalue weighted by Crippen LogP contribution is 2.45. The number of carbonyl (C=O) groups is 1. The summed E-state index contributed by atoms with van der Waals surface area (Å²) >= 11 is 0. The number of hydrogen-bond acceptors (Lipinski definition) is 4. The van der Waals surface area contributed by atoms with Gasteiger partial charge in [0, 0.05) is 36.2 Å². The monoisotopic (exact) mass is 364 g/mol. The minimum atomic E-state index is -0.139. The number of hydrogen-bond donors (Lipinski definition) is 3. The zero-order valence-corrected chi connectivity index (χ0v) is 15.9. The van der Waals surface area contributed by atoms with Crippen LogP contribution in [0.15, 0.2) is 24.3 Å². The molecule has 138 valence electrons. The van der Waals surface area contributed by atoms with Crippen LogP contribution in [-0.2, 0) is 10.2 Å². The Kier molecular flexibility index (Phi) is 5.40. The van der Waals surface area contributed by atoms with Gasteiger partial charge >= 0.3 is 0 Å². The highest BCUT2D eigenvalue weighted by molar-refractivity contribution is 6.00. The summed E-state index contributed by atoms with van der Waals surface area (Å²) in [6.07, 6.45) is 3.20. The molecule has 0 aromatic heterocycles. The Morgan fingerprint density at radius 1 is 1.24 bits per heavy atom. The Morgan fingerprint density at radius 3 is 2.76 bits per heavy atom. The standard InChI is InChI=1S/C19H28N4O.ClH/c1-3-19(4-2)12-23(16-8-6-5-7-14(16)19)18(24)17-13-11-20-10-9-15(13)21-22-17;/h5-8,13,15,17,20-22H,3-4,9-12H2,1-2H3;1H. The van der Waals surface area contributed by atoms with Gasteiger partial charge in [-0.3, -0.25) is 10.2 Å². The van der Waals surface area contributed by atoms with E-state index < -0.39 is 0 Å². The summed E-state index contributed by atoms with van der Waals surface area (Å²) in [6.45, 7) is 7.22. The number of anilines is 1. The number of benzene rings is 1. The van der Waals surface area contributed by atoms with E-state index in [4.69, 9.17) is 0 Å². The summed E-state index contributed by atoms with van der Waals surface area (Å²) < 4.78 is 0. The van der Waals surface area contributed by atoms with Crippen LogP contribution in [0.2, 0.25) is 0 Å². The van der Waals surface area contributed by atoms with Crippen molar-refractivity contribution in [1.29, 1.82) is 0 Å². The predicted octanol–water partition coefficient (Wildman–Crippen LogP) is 1.97. The molecule has 2 saturated heterocycles. The van der Waals surface area contributed by atoms with E-state index in [1.54, 1.807) is 0 Å². The maximum Gasteiger partial charge on any atom is 0.245 e. The van der Waals surface area contributed by atoms with Crippen molar-refractivity contribution in [2.24, 2.45) is 5.92 Å². The van der Waals surface area contributed by atoms with Gasteiger partial charge in [-0.25, -0.2) is 5.43 Å². The number of hydrazine groups is 1. The minimum absolute atomic E-state index is 0. The van der Waals surface area contributed by atoms with Crippen LogP contribution in [0.1, 0.15) is 38.7 Å². The number of nitrogens with one attached hydrogen (secondary N) is 3. The number of halogens is 1. The van der Waals surface area contributed by atoms with E-state index in [0.717, 1.165) is 44.6 Å². The largest absolute Gasteiger partial charge is 0.316 e. The van der Waals surface area contributed by atoms with Crippen LogP contribution in [0, 0.1) is 5.92 Å². The van der Waals surface area contributed by atoms with Gasteiger partial charge in [-0.1, -0.05) is 32.0 Å². The van der Waals surface area contributed by atoms with E-state index in [9.17, 15) is 4.79 Å². The highest BCUT2D eigenvalue weighted by Gasteiger charge is 2.47. The van der Waals surface area contributed by atoms with Crippen molar-refractivity contribution in [1.82, 2.24) is 16.2 Å². The summed E-state index contributed by atoms with van der Waals surface area (Å²) in [6, 6.07) is 8.73. The predicted molar refractivity (Wildman–Crippen MR) is 103 cm³/mol. The molecular formula is C19H29ClN4O. The topological polar surface area (TPSA) is 56.4 Å². The molecule has 0 aliphatic carbocycles. The van der Waals surface area contributed by atoms with Crippen LogP contribution in [0.3, 0.4) is 0 Å². The summed E-state index contributed by atoms with van der Waals surface area (Å²) in [7, 11) is 0. The number of amides is 1. The Hall–Kier alpha value is -1.14. The fourth-order valence-corrected chi connectivity index (χ4v) is 4.81. The van der Waals surface area contributed by atoms with Gasteiger partial charge in [0.1, 0.15) is 6.04 Å². The van der Waals surface area contributed by atoms with Gasteiger partial charge in [0.05, 0.1) is 0 Å². The lowest BCUT2D eigenvalue weighted by atomic mass is 9.78. The molecule has 6 heteroatoms. The number of nitrogens with zero attached hydrogens (tertiary/aromatic N) is 1. The third-order valence-electron chi connectivity index (χ3n) is 6.49. The summed E-state index contributed by atoms with van der Waals surface area (Å²) in [5, 5.41) is 3.44. The fourth-order valence-electron chi connectivity index (χ4n) is 4.81. The lowest BCUT2D eigenvalue weighted by Crippen LogP contribution is -2.51. The summed E-state index contributed by atoms with van der Waals surface area (Å²) in [5.41, 5.74) is 9.19. The Bertz CT molecular complexity index is 634. The van der Waals surface area contributed by atoms with Crippen LogP contribution in [0.4, 0.5) is 5.69 Å². The van der Waals surface area contributed by atoms with Crippen LogP contribution < -0.4 is 21.1 Å². The number of para-hydroxylation sites is 1. The third-order valence-corrected chi connectivity index (χ3v) is 6.49. The lowest BCUT2D eigenvalue weighted by molar-refractivity contribution is -0.121. The molecule has 4 rings (SSSR count). The molecule has 3 aliphatic heterocycles. The van der Waals surface area contributed by atoms with E-state index in [0.29, 0.717) is 12.0 Å². The normalized spacial score (nSPS) is 29.7. The second kappa shape index (κ2) is 7.23. The van der Waals surface area contributed by atoms with Gasteiger partial charge in [0.15, 0.2) is 0 Å². The van der Waals surface area contributed by atoms with Gasteiger partial charge in [-0.05, 0) is 37.4 Å². The molecule has 5 nitrogen and oxygen atoms in total. The molecule has 0 saturated carbocycles. The molecule has 3 N–H and O–H groups in total. The van der Waals surface area contributed by atoms with Crippen molar-refractivity contribution >= 4 is 24.0 Å². The van der Waals surface area contributed by atoms with Crippen molar-refractivity contribution in [3.63, 3.8) is 0 Å². The Balaban J connectivity index is 0.00000182. The van der Waals surface area contributed by atoms with Gasteiger partial charge < -0.3 is 10.2 Å². The molecule has 3 atom stereocenters. The van der Waals surface area contributed by atoms with Crippen molar-refractivity contribution in [2.75, 3.05) is 24.5 Å². The first-order valence-electron chi connectivity index (χ1n) is 9.33. The second-order valence-electron chi connectivity index (χ2n) is 7.46. The molecule has 3 heterocycles.